The van der Waals surface area contributed by atoms with Crippen molar-refractivity contribution in [3.63, 3.8) is 0 Å². The minimum absolute atomic E-state index is 0.0540. The first-order valence-corrected chi connectivity index (χ1v) is 14.4. The largest absolute Gasteiger partial charge is 0.432 e. The average molecular weight is 673 g/mol. The summed E-state index contributed by atoms with van der Waals surface area (Å²) in [6.07, 6.45) is -14.4. The van der Waals surface area contributed by atoms with E-state index in [1.165, 1.54) is 12.1 Å². The zero-order valence-electron chi connectivity index (χ0n) is 24.2. The molecule has 0 aromatic heterocycles. The molecule has 1 aliphatic carbocycles. The van der Waals surface area contributed by atoms with Crippen molar-refractivity contribution < 1.29 is 62.2 Å². The SMILES string of the molecule is CCCCCc1ccc(-c2cc(F)c(C(F)(F)OC3CCC(C(F)(F)Oc4cc(F)c(C(F)(F)F)c(F)c4)CC3)c(F)c2)c(F)c1. The van der Waals surface area contributed by atoms with E-state index in [0.717, 1.165) is 19.3 Å². The molecule has 1 fully saturated rings. The van der Waals surface area contributed by atoms with Crippen molar-refractivity contribution in [3.05, 3.63) is 88.2 Å². The highest BCUT2D eigenvalue weighted by Gasteiger charge is 2.48. The molecule has 0 saturated heterocycles. The standard InChI is InChI=1S/C32H28F12O2/c1-2-3-4-5-17-6-11-22(23(33)12-17)18-13-24(34)29(25(35)14-18)32(43,44)45-20-9-7-19(8-10-20)31(41,42)46-21-15-26(36)28(27(37)16-21)30(38,39)40/h6,11-16,19-20H,2-5,7-10H2,1H3. The van der Waals surface area contributed by atoms with E-state index < -0.39 is 102 Å². The fourth-order valence-corrected chi connectivity index (χ4v) is 5.44. The van der Waals surface area contributed by atoms with Gasteiger partial charge in [0.1, 0.15) is 46.0 Å². The molecule has 252 valence electrons. The van der Waals surface area contributed by atoms with Gasteiger partial charge in [0.15, 0.2) is 0 Å². The molecule has 0 N–H and O–H groups in total. The average Bonchev–Trinajstić information content (AvgIpc) is 2.91. The molecule has 1 saturated carbocycles. The van der Waals surface area contributed by atoms with Crippen molar-refractivity contribution in [1.82, 2.24) is 0 Å². The molecular weight excluding hydrogens is 644 g/mol. The second-order valence-corrected chi connectivity index (χ2v) is 11.1. The van der Waals surface area contributed by atoms with Gasteiger partial charge in [0.05, 0.1) is 12.0 Å². The van der Waals surface area contributed by atoms with E-state index in [4.69, 9.17) is 0 Å². The Bertz CT molecular complexity index is 1480. The molecule has 0 unspecified atom stereocenters. The van der Waals surface area contributed by atoms with Gasteiger partial charge in [-0.15, -0.1) is 0 Å². The number of aryl methyl sites for hydroxylation is 1. The molecular formula is C32H28F12O2. The topological polar surface area (TPSA) is 18.5 Å². The quantitative estimate of drug-likeness (QED) is 0.149. The summed E-state index contributed by atoms with van der Waals surface area (Å²) in [6.45, 7) is 2.00. The van der Waals surface area contributed by atoms with E-state index in [0.29, 0.717) is 24.1 Å². The number of hydrogen-bond donors (Lipinski definition) is 0. The Morgan fingerprint density at radius 3 is 1.76 bits per heavy atom. The van der Waals surface area contributed by atoms with Crippen LogP contribution in [0.2, 0.25) is 0 Å². The minimum atomic E-state index is -5.43. The third kappa shape index (κ3) is 8.10. The smallest absolute Gasteiger partial charge is 0.422 e. The lowest BCUT2D eigenvalue weighted by Gasteiger charge is -2.34. The lowest BCUT2D eigenvalue weighted by Crippen LogP contribution is -2.39. The van der Waals surface area contributed by atoms with Crippen LogP contribution >= 0.6 is 0 Å². The Balaban J connectivity index is 1.41. The van der Waals surface area contributed by atoms with Gasteiger partial charge < -0.3 is 9.47 Å². The molecule has 0 atom stereocenters. The first-order chi connectivity index (χ1) is 21.4. The van der Waals surface area contributed by atoms with Crippen LogP contribution in [0, 0.1) is 35.0 Å². The monoisotopic (exact) mass is 672 g/mol. The summed E-state index contributed by atoms with van der Waals surface area (Å²) in [7, 11) is 0. The Kier molecular flexibility index (Phi) is 10.6. The predicted octanol–water partition coefficient (Wildman–Crippen LogP) is 11.1. The normalized spacial score (nSPS) is 17.8. The molecule has 46 heavy (non-hydrogen) atoms. The summed E-state index contributed by atoms with van der Waals surface area (Å²) in [5, 5.41) is 0. The third-order valence-electron chi connectivity index (χ3n) is 7.76. The first-order valence-electron chi connectivity index (χ1n) is 14.4. The molecule has 14 heteroatoms. The van der Waals surface area contributed by atoms with Crippen LogP contribution in [0.4, 0.5) is 52.7 Å². The Morgan fingerprint density at radius 1 is 0.674 bits per heavy atom. The predicted molar refractivity (Wildman–Crippen MR) is 143 cm³/mol. The van der Waals surface area contributed by atoms with Gasteiger partial charge >= 0.3 is 18.4 Å². The van der Waals surface area contributed by atoms with Crippen LogP contribution in [-0.2, 0) is 23.4 Å². The second kappa shape index (κ2) is 13.7. The van der Waals surface area contributed by atoms with Crippen LogP contribution in [0.25, 0.3) is 11.1 Å². The van der Waals surface area contributed by atoms with Gasteiger partial charge in [-0.2, -0.15) is 30.7 Å². The van der Waals surface area contributed by atoms with Gasteiger partial charge in [-0.3, -0.25) is 0 Å². The molecule has 0 bridgehead atoms. The fourth-order valence-electron chi connectivity index (χ4n) is 5.44. The van der Waals surface area contributed by atoms with E-state index in [2.05, 4.69) is 9.47 Å². The molecule has 2 nitrogen and oxygen atoms in total. The van der Waals surface area contributed by atoms with Crippen molar-refractivity contribution in [2.24, 2.45) is 5.92 Å². The first kappa shape index (κ1) is 35.4. The van der Waals surface area contributed by atoms with Crippen LogP contribution in [0.3, 0.4) is 0 Å². The van der Waals surface area contributed by atoms with Crippen molar-refractivity contribution in [3.8, 4) is 16.9 Å². The number of benzene rings is 3. The third-order valence-corrected chi connectivity index (χ3v) is 7.76. The van der Waals surface area contributed by atoms with Gasteiger partial charge in [-0.25, -0.2) is 22.0 Å². The maximum absolute atomic E-state index is 15.0. The summed E-state index contributed by atoms with van der Waals surface area (Å²) >= 11 is 0. The highest BCUT2D eigenvalue weighted by Crippen LogP contribution is 2.44. The van der Waals surface area contributed by atoms with Crippen molar-refractivity contribution >= 4 is 0 Å². The molecule has 3 aromatic rings. The van der Waals surface area contributed by atoms with Crippen molar-refractivity contribution in [2.75, 3.05) is 0 Å². The zero-order valence-corrected chi connectivity index (χ0v) is 24.2. The lowest BCUT2D eigenvalue weighted by atomic mass is 9.86. The van der Waals surface area contributed by atoms with E-state index in [9.17, 15) is 52.7 Å². The van der Waals surface area contributed by atoms with Crippen molar-refractivity contribution in [1.29, 1.82) is 0 Å². The van der Waals surface area contributed by atoms with Gasteiger partial charge in [-0.05, 0) is 67.9 Å². The summed E-state index contributed by atoms with van der Waals surface area (Å²) in [5.74, 6) is -11.6. The Hall–Kier alpha value is -3.42. The number of alkyl halides is 7. The van der Waals surface area contributed by atoms with E-state index >= 15 is 0 Å². The summed E-state index contributed by atoms with van der Waals surface area (Å²) < 4.78 is 179. The van der Waals surface area contributed by atoms with Gasteiger partial charge in [-0.1, -0.05) is 31.9 Å². The molecule has 0 heterocycles. The molecule has 0 aliphatic heterocycles. The highest BCUT2D eigenvalue weighted by atomic mass is 19.4. The number of ether oxygens (including phenoxy) is 2. The Morgan fingerprint density at radius 2 is 1.24 bits per heavy atom. The van der Waals surface area contributed by atoms with Crippen LogP contribution < -0.4 is 4.74 Å². The summed E-state index contributed by atoms with van der Waals surface area (Å²) in [6, 6.07) is 5.03. The van der Waals surface area contributed by atoms with Crippen LogP contribution in [0.15, 0.2) is 42.5 Å². The molecule has 3 aromatic carbocycles. The maximum Gasteiger partial charge on any atom is 0.422 e. The van der Waals surface area contributed by atoms with Gasteiger partial charge in [0, 0.05) is 17.7 Å². The number of rotatable bonds is 11. The number of unbranched alkanes of at least 4 members (excludes halogenated alkanes) is 2. The highest BCUT2D eigenvalue weighted by molar-refractivity contribution is 5.65. The van der Waals surface area contributed by atoms with Crippen LogP contribution in [0.5, 0.6) is 5.75 Å². The number of halogens is 12. The van der Waals surface area contributed by atoms with Crippen LogP contribution in [0.1, 0.15) is 68.6 Å². The molecule has 0 radical (unpaired) electrons. The second-order valence-electron chi connectivity index (χ2n) is 11.1. The fraction of sp³-hybridized carbons (Fsp3) is 0.438. The Labute approximate surface area is 256 Å². The number of hydrogen-bond acceptors (Lipinski definition) is 2. The van der Waals surface area contributed by atoms with Crippen molar-refractivity contribution in [2.45, 2.75) is 82.8 Å². The zero-order chi connectivity index (χ0) is 34.0. The van der Waals surface area contributed by atoms with Crippen LogP contribution in [-0.4, -0.2) is 12.2 Å². The summed E-state index contributed by atoms with van der Waals surface area (Å²) in [5.41, 5.74) is -3.93. The summed E-state index contributed by atoms with van der Waals surface area (Å²) in [4.78, 5) is 0. The van der Waals surface area contributed by atoms with Gasteiger partial charge in [0.2, 0.25) is 0 Å². The molecule has 0 spiro atoms. The maximum atomic E-state index is 15.0. The van der Waals surface area contributed by atoms with E-state index in [-0.39, 0.29) is 23.3 Å². The minimum Gasteiger partial charge on any atom is -0.432 e. The molecule has 1 aliphatic rings. The molecule has 0 amide bonds. The van der Waals surface area contributed by atoms with E-state index in [1.807, 2.05) is 6.92 Å². The molecule has 4 rings (SSSR count). The lowest BCUT2D eigenvalue weighted by molar-refractivity contribution is -0.287. The van der Waals surface area contributed by atoms with E-state index in [1.54, 1.807) is 6.07 Å². The van der Waals surface area contributed by atoms with Gasteiger partial charge in [0.25, 0.3) is 0 Å².